The van der Waals surface area contributed by atoms with E-state index in [0.717, 1.165) is 29.1 Å². The molecule has 0 aliphatic rings. The van der Waals surface area contributed by atoms with Crippen LogP contribution in [0, 0.1) is 6.92 Å². The SMILES string of the molecule is CCCCCCC(C)n1nnnc1-c1cc(C)ccc1N. The zero-order valence-corrected chi connectivity index (χ0v) is 13.2. The standard InChI is InChI=1S/C16H25N5/c1-4-5-6-7-8-13(3)21-16(18-19-20-21)14-11-12(2)9-10-15(14)17/h9-11,13H,4-8,17H2,1-3H3. The summed E-state index contributed by atoms with van der Waals surface area (Å²) >= 11 is 0. The van der Waals surface area contributed by atoms with Gasteiger partial charge in [0.2, 0.25) is 0 Å². The fourth-order valence-electron chi connectivity index (χ4n) is 2.52. The Morgan fingerprint density at radius 1 is 1.24 bits per heavy atom. The van der Waals surface area contributed by atoms with E-state index in [1.54, 1.807) is 0 Å². The molecule has 0 bridgehead atoms. The lowest BCUT2D eigenvalue weighted by Crippen LogP contribution is -2.10. The number of aromatic nitrogens is 4. The first-order valence-electron chi connectivity index (χ1n) is 7.77. The maximum atomic E-state index is 6.08. The Labute approximate surface area is 126 Å². The summed E-state index contributed by atoms with van der Waals surface area (Å²) in [4.78, 5) is 0. The van der Waals surface area contributed by atoms with E-state index in [1.807, 2.05) is 29.8 Å². The van der Waals surface area contributed by atoms with Crippen molar-refractivity contribution in [3.05, 3.63) is 23.8 Å². The van der Waals surface area contributed by atoms with Crippen molar-refractivity contribution in [1.82, 2.24) is 20.2 Å². The minimum Gasteiger partial charge on any atom is -0.398 e. The number of unbranched alkanes of at least 4 members (excludes halogenated alkanes) is 3. The highest BCUT2D eigenvalue weighted by atomic mass is 15.5. The number of nitrogen functional groups attached to an aromatic ring is 1. The molecule has 0 spiro atoms. The zero-order valence-electron chi connectivity index (χ0n) is 13.2. The summed E-state index contributed by atoms with van der Waals surface area (Å²) in [5.41, 5.74) is 8.87. The van der Waals surface area contributed by atoms with Crippen molar-refractivity contribution < 1.29 is 0 Å². The third kappa shape index (κ3) is 3.80. The van der Waals surface area contributed by atoms with Crippen molar-refractivity contribution in [3.63, 3.8) is 0 Å². The molecule has 0 aliphatic carbocycles. The monoisotopic (exact) mass is 287 g/mol. The lowest BCUT2D eigenvalue weighted by Gasteiger charge is -2.14. The molecule has 0 aliphatic heterocycles. The van der Waals surface area contributed by atoms with Gasteiger partial charge in [-0.3, -0.25) is 0 Å². The Morgan fingerprint density at radius 2 is 2.05 bits per heavy atom. The van der Waals surface area contributed by atoms with Gasteiger partial charge in [0.15, 0.2) is 5.82 Å². The van der Waals surface area contributed by atoms with E-state index >= 15 is 0 Å². The van der Waals surface area contributed by atoms with Gasteiger partial charge in [0.25, 0.3) is 0 Å². The molecule has 0 saturated carbocycles. The van der Waals surface area contributed by atoms with E-state index in [4.69, 9.17) is 5.73 Å². The number of benzene rings is 1. The summed E-state index contributed by atoms with van der Waals surface area (Å²) < 4.78 is 1.90. The van der Waals surface area contributed by atoms with Gasteiger partial charge in [0.05, 0.1) is 6.04 Å². The van der Waals surface area contributed by atoms with E-state index in [2.05, 4.69) is 29.4 Å². The number of aryl methyl sites for hydroxylation is 1. The van der Waals surface area contributed by atoms with Crippen LogP contribution in [-0.2, 0) is 0 Å². The Bertz CT molecular complexity index is 576. The minimum atomic E-state index is 0.284. The molecule has 1 aromatic heterocycles. The minimum absolute atomic E-state index is 0.284. The predicted octanol–water partition coefficient (Wildman–Crippen LogP) is 3.76. The molecule has 5 nitrogen and oxygen atoms in total. The number of hydrogen-bond donors (Lipinski definition) is 1. The topological polar surface area (TPSA) is 69.6 Å². The fraction of sp³-hybridized carbons (Fsp3) is 0.562. The van der Waals surface area contributed by atoms with E-state index < -0.39 is 0 Å². The molecular weight excluding hydrogens is 262 g/mol. The molecule has 0 fully saturated rings. The van der Waals surface area contributed by atoms with Gasteiger partial charge in [0.1, 0.15) is 0 Å². The van der Waals surface area contributed by atoms with Crippen LogP contribution in [0.1, 0.15) is 57.6 Å². The van der Waals surface area contributed by atoms with Crippen LogP contribution in [-0.4, -0.2) is 20.2 Å². The van der Waals surface area contributed by atoms with Crippen molar-refractivity contribution >= 4 is 5.69 Å². The highest BCUT2D eigenvalue weighted by Gasteiger charge is 2.16. The average Bonchev–Trinajstić information content (AvgIpc) is 2.95. The van der Waals surface area contributed by atoms with Crippen LogP contribution in [0.2, 0.25) is 0 Å². The summed E-state index contributed by atoms with van der Waals surface area (Å²) in [7, 11) is 0. The number of nitrogens with two attached hydrogens (primary N) is 1. The molecule has 0 saturated heterocycles. The number of hydrogen-bond acceptors (Lipinski definition) is 4. The second-order valence-electron chi connectivity index (χ2n) is 5.74. The molecule has 2 rings (SSSR count). The summed E-state index contributed by atoms with van der Waals surface area (Å²) in [6.45, 7) is 6.44. The molecule has 5 heteroatoms. The van der Waals surface area contributed by atoms with Crippen molar-refractivity contribution in [3.8, 4) is 11.4 Å². The van der Waals surface area contributed by atoms with Crippen LogP contribution in [0.5, 0.6) is 0 Å². The van der Waals surface area contributed by atoms with Crippen LogP contribution in [0.3, 0.4) is 0 Å². The quantitative estimate of drug-likeness (QED) is 0.621. The second kappa shape index (κ2) is 7.20. The lowest BCUT2D eigenvalue weighted by atomic mass is 10.1. The molecule has 21 heavy (non-hydrogen) atoms. The summed E-state index contributed by atoms with van der Waals surface area (Å²) in [6, 6.07) is 6.24. The zero-order chi connectivity index (χ0) is 15.2. The summed E-state index contributed by atoms with van der Waals surface area (Å²) in [5, 5.41) is 12.2. The summed E-state index contributed by atoms with van der Waals surface area (Å²) in [5.74, 6) is 0.763. The Balaban J connectivity index is 2.16. The molecule has 114 valence electrons. The molecule has 1 unspecified atom stereocenters. The van der Waals surface area contributed by atoms with Crippen LogP contribution in [0.4, 0.5) is 5.69 Å². The highest BCUT2D eigenvalue weighted by Crippen LogP contribution is 2.27. The molecule has 1 aromatic carbocycles. The first kappa shape index (κ1) is 15.5. The van der Waals surface area contributed by atoms with Gasteiger partial charge in [-0.1, -0.05) is 44.2 Å². The Kier molecular flexibility index (Phi) is 5.31. The molecule has 2 aromatic rings. The van der Waals surface area contributed by atoms with Crippen LogP contribution < -0.4 is 5.73 Å². The smallest absolute Gasteiger partial charge is 0.184 e. The highest BCUT2D eigenvalue weighted by molar-refractivity contribution is 5.72. The van der Waals surface area contributed by atoms with Crippen LogP contribution in [0.15, 0.2) is 18.2 Å². The molecule has 2 N–H and O–H groups in total. The van der Waals surface area contributed by atoms with Crippen LogP contribution >= 0.6 is 0 Å². The third-order valence-corrected chi connectivity index (χ3v) is 3.84. The van der Waals surface area contributed by atoms with E-state index in [9.17, 15) is 0 Å². The number of anilines is 1. The van der Waals surface area contributed by atoms with Crippen molar-refractivity contribution in [1.29, 1.82) is 0 Å². The largest absolute Gasteiger partial charge is 0.398 e. The van der Waals surface area contributed by atoms with Gasteiger partial charge < -0.3 is 5.73 Å². The fourth-order valence-corrected chi connectivity index (χ4v) is 2.52. The maximum Gasteiger partial charge on any atom is 0.184 e. The van der Waals surface area contributed by atoms with Crippen molar-refractivity contribution in [2.45, 2.75) is 58.9 Å². The van der Waals surface area contributed by atoms with E-state index in [1.165, 1.54) is 25.7 Å². The Morgan fingerprint density at radius 3 is 2.81 bits per heavy atom. The van der Waals surface area contributed by atoms with Crippen molar-refractivity contribution in [2.24, 2.45) is 0 Å². The van der Waals surface area contributed by atoms with Gasteiger partial charge in [0, 0.05) is 11.3 Å². The van der Waals surface area contributed by atoms with Gasteiger partial charge >= 0.3 is 0 Å². The van der Waals surface area contributed by atoms with Gasteiger partial charge in [-0.25, -0.2) is 4.68 Å². The summed E-state index contributed by atoms with van der Waals surface area (Å²) in [6.07, 6.45) is 6.11. The molecule has 1 heterocycles. The normalized spacial score (nSPS) is 12.5. The van der Waals surface area contributed by atoms with Gasteiger partial charge in [-0.15, -0.1) is 5.10 Å². The predicted molar refractivity (Wildman–Crippen MR) is 85.9 cm³/mol. The third-order valence-electron chi connectivity index (χ3n) is 3.84. The Hall–Kier alpha value is -1.91. The number of rotatable bonds is 7. The van der Waals surface area contributed by atoms with E-state index in [0.29, 0.717) is 0 Å². The number of nitrogens with zero attached hydrogens (tertiary/aromatic N) is 4. The second-order valence-corrected chi connectivity index (χ2v) is 5.74. The molecule has 1 atom stereocenters. The average molecular weight is 287 g/mol. The molecule has 0 amide bonds. The number of tetrazole rings is 1. The van der Waals surface area contributed by atoms with Crippen molar-refractivity contribution in [2.75, 3.05) is 5.73 Å². The molecular formula is C16H25N5. The van der Waals surface area contributed by atoms with Gasteiger partial charge in [-0.05, 0) is 42.8 Å². The first-order chi connectivity index (χ1) is 10.1. The lowest BCUT2D eigenvalue weighted by molar-refractivity contribution is 0.430. The van der Waals surface area contributed by atoms with E-state index in [-0.39, 0.29) is 6.04 Å². The molecule has 0 radical (unpaired) electrons. The van der Waals surface area contributed by atoms with Crippen LogP contribution in [0.25, 0.3) is 11.4 Å². The maximum absolute atomic E-state index is 6.08. The first-order valence-corrected chi connectivity index (χ1v) is 7.77. The van der Waals surface area contributed by atoms with Gasteiger partial charge in [-0.2, -0.15) is 0 Å².